The van der Waals surface area contributed by atoms with Gasteiger partial charge in [-0.25, -0.2) is 8.78 Å². The summed E-state index contributed by atoms with van der Waals surface area (Å²) in [7, 11) is 0. The standard InChI is InChI=1S/C17H23F2N3O2/c1-10-15(4-3-7-20-10)22-17(24)9-16(21-11(2)23)13-6-5-12(18)8-14(13)19/h5-6,8,10,15-16,20H,3-4,7,9H2,1-2H3,(H,21,23)(H,22,24). The Hall–Kier alpha value is -2.02. The molecule has 24 heavy (non-hydrogen) atoms. The highest BCUT2D eigenvalue weighted by Gasteiger charge is 2.25. The maximum Gasteiger partial charge on any atom is 0.222 e. The van der Waals surface area contributed by atoms with Crippen molar-refractivity contribution in [3.05, 3.63) is 35.4 Å². The minimum atomic E-state index is -0.838. The second-order valence-corrected chi connectivity index (χ2v) is 6.18. The summed E-state index contributed by atoms with van der Waals surface area (Å²) >= 11 is 0. The number of amides is 2. The number of hydrogen-bond acceptors (Lipinski definition) is 3. The predicted molar refractivity (Wildman–Crippen MR) is 86.2 cm³/mol. The van der Waals surface area contributed by atoms with Gasteiger partial charge in [0.2, 0.25) is 11.8 Å². The van der Waals surface area contributed by atoms with Crippen LogP contribution in [-0.2, 0) is 9.59 Å². The molecule has 2 rings (SSSR count). The fraction of sp³-hybridized carbons (Fsp3) is 0.529. The average Bonchev–Trinajstić information content (AvgIpc) is 2.48. The Kier molecular flexibility index (Phi) is 6.25. The minimum Gasteiger partial charge on any atom is -0.352 e. The van der Waals surface area contributed by atoms with E-state index in [1.54, 1.807) is 0 Å². The average molecular weight is 339 g/mol. The Labute approximate surface area is 140 Å². The molecule has 7 heteroatoms. The zero-order chi connectivity index (χ0) is 17.7. The van der Waals surface area contributed by atoms with Crippen molar-refractivity contribution in [3.8, 4) is 0 Å². The lowest BCUT2D eigenvalue weighted by molar-refractivity contribution is -0.123. The highest BCUT2D eigenvalue weighted by atomic mass is 19.1. The van der Waals surface area contributed by atoms with Gasteiger partial charge in [-0.05, 0) is 32.4 Å². The second kappa shape index (κ2) is 8.19. The van der Waals surface area contributed by atoms with Crippen LogP contribution in [0.3, 0.4) is 0 Å². The maximum absolute atomic E-state index is 14.0. The Morgan fingerprint density at radius 3 is 2.75 bits per heavy atom. The van der Waals surface area contributed by atoms with Crippen LogP contribution in [0.25, 0.3) is 0 Å². The fourth-order valence-electron chi connectivity index (χ4n) is 2.96. The molecule has 1 aromatic carbocycles. The van der Waals surface area contributed by atoms with Crippen molar-refractivity contribution in [2.75, 3.05) is 6.54 Å². The van der Waals surface area contributed by atoms with Crippen molar-refractivity contribution in [2.24, 2.45) is 0 Å². The van der Waals surface area contributed by atoms with Gasteiger partial charge < -0.3 is 16.0 Å². The van der Waals surface area contributed by atoms with Crippen LogP contribution in [-0.4, -0.2) is 30.4 Å². The lowest BCUT2D eigenvalue weighted by Gasteiger charge is -2.31. The fourth-order valence-corrected chi connectivity index (χ4v) is 2.96. The van der Waals surface area contributed by atoms with Crippen LogP contribution < -0.4 is 16.0 Å². The van der Waals surface area contributed by atoms with Gasteiger partial charge in [-0.1, -0.05) is 6.07 Å². The molecule has 0 saturated carbocycles. The van der Waals surface area contributed by atoms with Crippen molar-refractivity contribution in [1.29, 1.82) is 0 Å². The maximum atomic E-state index is 14.0. The molecule has 1 aliphatic rings. The van der Waals surface area contributed by atoms with E-state index >= 15 is 0 Å². The molecule has 3 unspecified atom stereocenters. The number of carbonyl (C=O) groups excluding carboxylic acids is 2. The molecular weight excluding hydrogens is 316 g/mol. The van der Waals surface area contributed by atoms with E-state index in [1.165, 1.54) is 13.0 Å². The first-order chi connectivity index (χ1) is 11.4. The first-order valence-electron chi connectivity index (χ1n) is 8.11. The van der Waals surface area contributed by atoms with E-state index < -0.39 is 17.7 Å². The molecule has 3 atom stereocenters. The van der Waals surface area contributed by atoms with Crippen molar-refractivity contribution in [3.63, 3.8) is 0 Å². The molecule has 132 valence electrons. The van der Waals surface area contributed by atoms with Crippen molar-refractivity contribution < 1.29 is 18.4 Å². The van der Waals surface area contributed by atoms with E-state index in [-0.39, 0.29) is 35.9 Å². The number of piperidine rings is 1. The first-order valence-corrected chi connectivity index (χ1v) is 8.11. The number of nitrogens with one attached hydrogen (secondary N) is 3. The molecule has 0 spiro atoms. The third-order valence-electron chi connectivity index (χ3n) is 4.21. The lowest BCUT2D eigenvalue weighted by Crippen LogP contribution is -2.52. The van der Waals surface area contributed by atoms with Crippen molar-refractivity contribution in [1.82, 2.24) is 16.0 Å². The van der Waals surface area contributed by atoms with Gasteiger partial charge in [-0.2, -0.15) is 0 Å². The summed E-state index contributed by atoms with van der Waals surface area (Å²) in [5, 5.41) is 8.77. The number of rotatable bonds is 5. The van der Waals surface area contributed by atoms with Crippen LogP contribution in [0.1, 0.15) is 44.7 Å². The van der Waals surface area contributed by atoms with Crippen LogP contribution in [0.15, 0.2) is 18.2 Å². The zero-order valence-electron chi connectivity index (χ0n) is 13.9. The molecule has 3 N–H and O–H groups in total. The molecule has 1 saturated heterocycles. The summed E-state index contributed by atoms with van der Waals surface area (Å²) < 4.78 is 27.1. The molecule has 1 aromatic rings. The van der Waals surface area contributed by atoms with Crippen LogP contribution in [0.2, 0.25) is 0 Å². The summed E-state index contributed by atoms with van der Waals surface area (Å²) in [5.74, 6) is -2.15. The zero-order valence-corrected chi connectivity index (χ0v) is 13.9. The molecule has 1 fully saturated rings. The van der Waals surface area contributed by atoms with Crippen LogP contribution >= 0.6 is 0 Å². The summed E-state index contributed by atoms with van der Waals surface area (Å²) in [6.07, 6.45) is 1.73. The first kappa shape index (κ1) is 18.3. The topological polar surface area (TPSA) is 70.2 Å². The molecule has 1 aliphatic heterocycles. The van der Waals surface area contributed by atoms with Crippen molar-refractivity contribution >= 4 is 11.8 Å². The van der Waals surface area contributed by atoms with Gasteiger partial charge in [0.05, 0.1) is 12.5 Å². The van der Waals surface area contributed by atoms with Gasteiger partial charge in [0.15, 0.2) is 0 Å². The van der Waals surface area contributed by atoms with E-state index in [4.69, 9.17) is 0 Å². The Morgan fingerprint density at radius 1 is 1.38 bits per heavy atom. The number of hydrogen-bond donors (Lipinski definition) is 3. The SMILES string of the molecule is CC(=O)NC(CC(=O)NC1CCCNC1C)c1ccc(F)cc1F. The highest BCUT2D eigenvalue weighted by Crippen LogP contribution is 2.21. The van der Waals surface area contributed by atoms with E-state index in [0.717, 1.165) is 31.5 Å². The van der Waals surface area contributed by atoms with Gasteiger partial charge in [0.1, 0.15) is 11.6 Å². The number of benzene rings is 1. The van der Waals surface area contributed by atoms with Gasteiger partial charge in [-0.3, -0.25) is 9.59 Å². The van der Waals surface area contributed by atoms with Gasteiger partial charge in [0, 0.05) is 30.6 Å². The summed E-state index contributed by atoms with van der Waals surface area (Å²) in [6.45, 7) is 4.21. The van der Waals surface area contributed by atoms with Gasteiger partial charge >= 0.3 is 0 Å². The Bertz CT molecular complexity index is 609. The van der Waals surface area contributed by atoms with Gasteiger partial charge in [0.25, 0.3) is 0 Å². The third-order valence-corrected chi connectivity index (χ3v) is 4.21. The molecule has 2 amide bonds. The van der Waals surface area contributed by atoms with E-state index in [9.17, 15) is 18.4 Å². The molecule has 0 aliphatic carbocycles. The van der Waals surface area contributed by atoms with Gasteiger partial charge in [-0.15, -0.1) is 0 Å². The molecule has 0 aromatic heterocycles. The van der Waals surface area contributed by atoms with E-state index in [2.05, 4.69) is 16.0 Å². The van der Waals surface area contributed by atoms with Crippen LogP contribution in [0, 0.1) is 11.6 Å². The van der Waals surface area contributed by atoms with E-state index in [0.29, 0.717) is 0 Å². The lowest BCUT2D eigenvalue weighted by atomic mass is 9.98. The summed E-state index contributed by atoms with van der Waals surface area (Å²) in [6, 6.07) is 2.43. The number of halogens is 2. The quantitative estimate of drug-likeness (QED) is 0.766. The number of carbonyl (C=O) groups is 2. The molecule has 1 heterocycles. The summed E-state index contributed by atoms with van der Waals surface area (Å²) in [5.41, 5.74) is 0.0940. The van der Waals surface area contributed by atoms with E-state index in [1.807, 2.05) is 6.92 Å². The smallest absolute Gasteiger partial charge is 0.222 e. The minimum absolute atomic E-state index is 0.00212. The Balaban J connectivity index is 2.07. The highest BCUT2D eigenvalue weighted by molar-refractivity contribution is 5.79. The molecular formula is C17H23F2N3O2. The monoisotopic (exact) mass is 339 g/mol. The second-order valence-electron chi connectivity index (χ2n) is 6.18. The third kappa shape index (κ3) is 4.99. The predicted octanol–water partition coefficient (Wildman–Crippen LogP) is 1.79. The van der Waals surface area contributed by atoms with Crippen molar-refractivity contribution in [2.45, 2.75) is 51.2 Å². The largest absolute Gasteiger partial charge is 0.352 e. The normalized spacial score (nSPS) is 21.8. The molecule has 0 radical (unpaired) electrons. The van der Waals surface area contributed by atoms with Crippen LogP contribution in [0.4, 0.5) is 8.78 Å². The summed E-state index contributed by atoms with van der Waals surface area (Å²) in [4.78, 5) is 23.7. The molecule has 0 bridgehead atoms. The Morgan fingerprint density at radius 2 is 2.12 bits per heavy atom. The molecule has 5 nitrogen and oxygen atoms in total. The van der Waals surface area contributed by atoms with Crippen LogP contribution in [0.5, 0.6) is 0 Å².